The van der Waals surface area contributed by atoms with Gasteiger partial charge >= 0.3 is 12.2 Å². The van der Waals surface area contributed by atoms with Crippen molar-refractivity contribution in [3.05, 3.63) is 30.6 Å². The third-order valence-electron chi connectivity index (χ3n) is 6.38. The average molecular weight is 447 g/mol. The van der Waals surface area contributed by atoms with Gasteiger partial charge in [0.05, 0.1) is 17.6 Å². The lowest BCUT2D eigenvalue weighted by Gasteiger charge is -2.46. The van der Waals surface area contributed by atoms with Crippen LogP contribution in [0.2, 0.25) is 0 Å². The predicted octanol–water partition coefficient (Wildman–Crippen LogP) is 3.67. The van der Waals surface area contributed by atoms with Gasteiger partial charge in [-0.2, -0.15) is 13.2 Å². The number of nitrogens with one attached hydrogen (secondary N) is 1. The van der Waals surface area contributed by atoms with Crippen LogP contribution in [0.15, 0.2) is 30.6 Å². The Hall–Kier alpha value is -3.11. The second-order valence-electron chi connectivity index (χ2n) is 8.45. The Morgan fingerprint density at radius 3 is 2.56 bits per heavy atom. The van der Waals surface area contributed by atoms with E-state index in [1.54, 1.807) is 34.3 Å². The number of carbonyl (C=O) groups excluding carboxylic acids is 1. The number of fused-ring (bicyclic) bond motifs is 4. The maximum absolute atomic E-state index is 13.3. The van der Waals surface area contributed by atoms with Crippen LogP contribution in [0.3, 0.4) is 0 Å². The summed E-state index contributed by atoms with van der Waals surface area (Å²) in [6, 6.07) is 4.83. The van der Waals surface area contributed by atoms with Crippen molar-refractivity contribution < 1.29 is 18.0 Å². The summed E-state index contributed by atoms with van der Waals surface area (Å²) in [5, 5.41) is 2.73. The standard InChI is InChI=1S/C21H24F3N7O/c22-21(23,24)14-4-1-11-30(12-14)17-7-6-16-18(27-17)31(15-5-2-10-29(16)13-15)20(32)28-19-25-8-3-9-26-19/h3,6-9,14-15H,1-2,4-5,10-13H2,(H,25,26,28,32)/t14?,15-/m1/s1. The van der Waals surface area contributed by atoms with E-state index in [4.69, 9.17) is 4.98 Å². The lowest BCUT2D eigenvalue weighted by atomic mass is 9.97. The predicted molar refractivity (Wildman–Crippen MR) is 114 cm³/mol. The minimum absolute atomic E-state index is 0.0769. The summed E-state index contributed by atoms with van der Waals surface area (Å²) in [6.45, 7) is 1.95. The van der Waals surface area contributed by atoms with Gasteiger partial charge in [-0.3, -0.25) is 10.2 Å². The van der Waals surface area contributed by atoms with Gasteiger partial charge in [0.2, 0.25) is 5.95 Å². The first-order chi connectivity index (χ1) is 15.4. The number of anilines is 4. The summed E-state index contributed by atoms with van der Waals surface area (Å²) in [5.41, 5.74) is 0.818. The van der Waals surface area contributed by atoms with Crippen molar-refractivity contribution in [2.75, 3.05) is 46.2 Å². The highest BCUT2D eigenvalue weighted by atomic mass is 19.4. The largest absolute Gasteiger partial charge is 0.393 e. The molecule has 2 saturated heterocycles. The average Bonchev–Trinajstić information content (AvgIpc) is 2.79. The number of urea groups is 1. The van der Waals surface area contributed by atoms with Crippen molar-refractivity contribution in [2.45, 2.75) is 37.9 Å². The van der Waals surface area contributed by atoms with Crippen molar-refractivity contribution in [3.8, 4) is 0 Å². The molecule has 3 aliphatic heterocycles. The number of pyridine rings is 1. The highest BCUT2D eigenvalue weighted by Crippen LogP contribution is 2.40. The van der Waals surface area contributed by atoms with Crippen LogP contribution in [0.25, 0.3) is 0 Å². The van der Waals surface area contributed by atoms with Gasteiger partial charge in [0.1, 0.15) is 5.82 Å². The van der Waals surface area contributed by atoms with E-state index in [1.807, 2.05) is 6.07 Å². The molecule has 3 aliphatic rings. The molecule has 0 aliphatic carbocycles. The zero-order valence-electron chi connectivity index (χ0n) is 17.4. The van der Waals surface area contributed by atoms with Crippen LogP contribution < -0.4 is 20.0 Å². The summed E-state index contributed by atoms with van der Waals surface area (Å²) in [4.78, 5) is 31.5. The molecule has 5 heterocycles. The van der Waals surface area contributed by atoms with Gasteiger partial charge in [-0.25, -0.2) is 19.7 Å². The number of nitrogens with zero attached hydrogens (tertiary/aromatic N) is 6. The highest BCUT2D eigenvalue weighted by Gasteiger charge is 2.43. The lowest BCUT2D eigenvalue weighted by molar-refractivity contribution is -0.176. The van der Waals surface area contributed by atoms with Gasteiger partial charge in [-0.15, -0.1) is 0 Å². The number of halogens is 3. The molecule has 2 aromatic rings. The second kappa shape index (κ2) is 8.10. The quantitative estimate of drug-likeness (QED) is 0.757. The van der Waals surface area contributed by atoms with E-state index in [0.29, 0.717) is 31.1 Å². The molecule has 2 amide bonds. The van der Waals surface area contributed by atoms with Crippen molar-refractivity contribution >= 4 is 29.3 Å². The maximum Gasteiger partial charge on any atom is 0.393 e. The van der Waals surface area contributed by atoms with Crippen LogP contribution in [0.5, 0.6) is 0 Å². The molecule has 5 rings (SSSR count). The first-order valence-electron chi connectivity index (χ1n) is 10.8. The van der Waals surface area contributed by atoms with Crippen molar-refractivity contribution in [3.63, 3.8) is 0 Å². The Labute approximate surface area is 183 Å². The smallest absolute Gasteiger partial charge is 0.366 e. The van der Waals surface area contributed by atoms with Gasteiger partial charge < -0.3 is 9.80 Å². The molecule has 2 atom stereocenters. The molecule has 0 radical (unpaired) electrons. The van der Waals surface area contributed by atoms with E-state index >= 15 is 0 Å². The molecule has 8 nitrogen and oxygen atoms in total. The van der Waals surface area contributed by atoms with Crippen LogP contribution in [0.1, 0.15) is 25.7 Å². The zero-order chi connectivity index (χ0) is 22.3. The molecule has 0 saturated carbocycles. The summed E-state index contributed by atoms with van der Waals surface area (Å²) < 4.78 is 39.9. The molecule has 170 valence electrons. The fourth-order valence-corrected chi connectivity index (χ4v) is 4.82. The van der Waals surface area contributed by atoms with E-state index < -0.39 is 12.1 Å². The van der Waals surface area contributed by atoms with E-state index in [1.165, 1.54) is 0 Å². The Morgan fingerprint density at radius 2 is 1.78 bits per heavy atom. The van der Waals surface area contributed by atoms with Crippen LogP contribution in [-0.4, -0.2) is 59.4 Å². The fourth-order valence-electron chi connectivity index (χ4n) is 4.82. The maximum atomic E-state index is 13.3. The van der Waals surface area contributed by atoms with Gasteiger partial charge in [0, 0.05) is 38.6 Å². The van der Waals surface area contributed by atoms with Gasteiger partial charge in [-0.1, -0.05) is 0 Å². The fraction of sp³-hybridized carbons (Fsp3) is 0.524. The third kappa shape index (κ3) is 3.91. The first kappa shape index (κ1) is 20.8. The number of alkyl halides is 3. The molecule has 0 spiro atoms. The topological polar surface area (TPSA) is 77.5 Å². The van der Waals surface area contributed by atoms with Crippen LogP contribution in [-0.2, 0) is 0 Å². The third-order valence-corrected chi connectivity index (χ3v) is 6.38. The molecule has 1 N–H and O–H groups in total. The minimum atomic E-state index is -4.22. The van der Waals surface area contributed by atoms with E-state index in [2.05, 4.69) is 20.2 Å². The lowest BCUT2D eigenvalue weighted by Crippen LogP contribution is -2.56. The summed E-state index contributed by atoms with van der Waals surface area (Å²) in [5.74, 6) is -0.238. The van der Waals surface area contributed by atoms with E-state index in [0.717, 1.165) is 25.1 Å². The van der Waals surface area contributed by atoms with Crippen molar-refractivity contribution in [1.29, 1.82) is 0 Å². The molecule has 32 heavy (non-hydrogen) atoms. The van der Waals surface area contributed by atoms with E-state index in [-0.39, 0.29) is 31.0 Å². The SMILES string of the molecule is O=C(Nc1ncccn1)N1c2nc(N3CCCC(C(F)(F)F)C3)ccc2N2CCC[C@@H]1C2. The van der Waals surface area contributed by atoms with Crippen molar-refractivity contribution in [2.24, 2.45) is 5.92 Å². The van der Waals surface area contributed by atoms with Gasteiger partial charge in [-0.05, 0) is 43.9 Å². The Morgan fingerprint density at radius 1 is 1.03 bits per heavy atom. The molecule has 11 heteroatoms. The van der Waals surface area contributed by atoms with Crippen LogP contribution in [0.4, 0.5) is 41.2 Å². The second-order valence-corrected chi connectivity index (χ2v) is 8.45. The summed E-state index contributed by atoms with van der Waals surface area (Å²) >= 11 is 0. The Kier molecular flexibility index (Phi) is 5.26. The minimum Gasteiger partial charge on any atom is -0.366 e. The Bertz CT molecular complexity index is 987. The van der Waals surface area contributed by atoms with Gasteiger partial charge in [0.15, 0.2) is 5.82 Å². The number of piperidine rings is 2. The normalized spacial score (nSPS) is 23.0. The molecule has 0 aromatic carbocycles. The number of aromatic nitrogens is 3. The van der Waals surface area contributed by atoms with E-state index in [9.17, 15) is 18.0 Å². The van der Waals surface area contributed by atoms with Crippen LogP contribution >= 0.6 is 0 Å². The summed E-state index contributed by atoms with van der Waals surface area (Å²) in [7, 11) is 0. The Balaban J connectivity index is 1.47. The number of amides is 2. The monoisotopic (exact) mass is 447 g/mol. The molecule has 2 bridgehead atoms. The molecule has 1 unspecified atom stereocenters. The number of hydrogen-bond donors (Lipinski definition) is 1. The number of rotatable bonds is 2. The van der Waals surface area contributed by atoms with Crippen LogP contribution in [0, 0.1) is 5.92 Å². The molecular formula is C21H24F3N7O. The molecule has 2 aromatic heterocycles. The highest BCUT2D eigenvalue weighted by molar-refractivity contribution is 6.03. The first-order valence-corrected chi connectivity index (χ1v) is 10.8. The summed E-state index contributed by atoms with van der Waals surface area (Å²) in [6.07, 6.45) is 1.20. The molecule has 2 fully saturated rings. The molecular weight excluding hydrogens is 423 g/mol. The zero-order valence-corrected chi connectivity index (χ0v) is 17.4. The van der Waals surface area contributed by atoms with Gasteiger partial charge in [0.25, 0.3) is 0 Å². The number of hydrogen-bond acceptors (Lipinski definition) is 6. The van der Waals surface area contributed by atoms with Crippen molar-refractivity contribution in [1.82, 2.24) is 15.0 Å². The number of carbonyl (C=O) groups is 1.